The molecule has 0 amide bonds. The summed E-state index contributed by atoms with van der Waals surface area (Å²) in [6.45, 7) is 4.38. The number of hydrogen-bond donors (Lipinski definition) is 0. The summed E-state index contributed by atoms with van der Waals surface area (Å²) in [5.74, 6) is 0. The van der Waals surface area contributed by atoms with Crippen molar-refractivity contribution in [1.29, 1.82) is 0 Å². The molecule has 0 unspecified atom stereocenters. The molecule has 0 saturated carbocycles. The van der Waals surface area contributed by atoms with Gasteiger partial charge in [0.05, 0.1) is 6.16 Å². The van der Waals surface area contributed by atoms with E-state index in [1.54, 1.807) is 0 Å². The van der Waals surface area contributed by atoms with Crippen LogP contribution in [-0.2, 0) is 0 Å². The molecular weight excluding hydrogens is 307 g/mol. The zero-order valence-corrected chi connectivity index (χ0v) is 15.3. The van der Waals surface area contributed by atoms with Crippen molar-refractivity contribution in [2.75, 3.05) is 6.16 Å². The number of allylic oxidation sites excluding steroid dienone is 2. The molecule has 0 aromatic heterocycles. The molecule has 0 bridgehead atoms. The van der Waals surface area contributed by atoms with Gasteiger partial charge in [-0.15, -0.1) is 0 Å². The minimum Gasteiger partial charge on any atom is -0.0768 e. The Bertz CT molecular complexity index is 689. The Hall–Kier alpha value is -2.17. The first kappa shape index (κ1) is 16.7. The van der Waals surface area contributed by atoms with Crippen LogP contribution in [0.4, 0.5) is 0 Å². The molecule has 3 rings (SSSR count). The molecule has 1 heteroatoms. The summed E-state index contributed by atoms with van der Waals surface area (Å²) in [5.41, 5.74) is 1.38. The molecule has 120 valence electrons. The topological polar surface area (TPSA) is 0 Å². The van der Waals surface area contributed by atoms with Gasteiger partial charge in [-0.1, -0.05) is 60.2 Å². The molecule has 0 aliphatic heterocycles. The lowest BCUT2D eigenvalue weighted by Gasteiger charge is -2.26. The predicted molar refractivity (Wildman–Crippen MR) is 109 cm³/mol. The molecule has 0 aliphatic rings. The first-order valence-electron chi connectivity index (χ1n) is 8.42. The van der Waals surface area contributed by atoms with E-state index in [0.29, 0.717) is 0 Å². The summed E-state index contributed by atoms with van der Waals surface area (Å²) < 4.78 is 0. The van der Waals surface area contributed by atoms with Crippen LogP contribution in [0, 0.1) is 0 Å². The second-order valence-corrected chi connectivity index (χ2v) is 9.81. The highest BCUT2D eigenvalue weighted by Gasteiger charge is 2.44. The molecule has 0 atom stereocenters. The van der Waals surface area contributed by atoms with Crippen molar-refractivity contribution in [3.63, 3.8) is 0 Å². The van der Waals surface area contributed by atoms with Gasteiger partial charge in [0, 0.05) is 0 Å². The molecular formula is C23H24P+. The zero-order chi connectivity index (χ0) is 16.8. The number of benzene rings is 3. The third kappa shape index (κ3) is 3.35. The SMILES string of the molecule is CC(C)=CC[P+](c1ccccc1)(c1ccccc1)c1ccccc1. The lowest BCUT2D eigenvalue weighted by Crippen LogP contribution is -2.32. The highest BCUT2D eigenvalue weighted by Crippen LogP contribution is 2.55. The normalized spacial score (nSPS) is 11.1. The first-order valence-corrected chi connectivity index (χ1v) is 10.4. The summed E-state index contributed by atoms with van der Waals surface area (Å²) in [6, 6.07) is 33.1. The van der Waals surface area contributed by atoms with E-state index in [1.165, 1.54) is 21.5 Å². The molecule has 0 saturated heterocycles. The van der Waals surface area contributed by atoms with Crippen molar-refractivity contribution >= 4 is 23.2 Å². The summed E-state index contributed by atoms with van der Waals surface area (Å²) in [4.78, 5) is 0. The van der Waals surface area contributed by atoms with Crippen molar-refractivity contribution in [2.45, 2.75) is 13.8 Å². The Labute approximate surface area is 146 Å². The zero-order valence-electron chi connectivity index (χ0n) is 14.4. The van der Waals surface area contributed by atoms with Crippen LogP contribution in [0.3, 0.4) is 0 Å². The molecule has 24 heavy (non-hydrogen) atoms. The van der Waals surface area contributed by atoms with E-state index in [1.807, 2.05) is 0 Å². The number of rotatable bonds is 5. The van der Waals surface area contributed by atoms with Crippen LogP contribution in [-0.4, -0.2) is 6.16 Å². The molecule has 0 fully saturated rings. The third-order valence-corrected chi connectivity index (χ3v) is 8.63. The van der Waals surface area contributed by atoms with Crippen LogP contribution in [0.25, 0.3) is 0 Å². The second-order valence-electron chi connectivity index (χ2n) is 6.28. The van der Waals surface area contributed by atoms with E-state index in [2.05, 4.69) is 111 Å². The van der Waals surface area contributed by atoms with E-state index in [-0.39, 0.29) is 0 Å². The van der Waals surface area contributed by atoms with E-state index < -0.39 is 7.26 Å². The van der Waals surface area contributed by atoms with Crippen LogP contribution < -0.4 is 15.9 Å². The predicted octanol–water partition coefficient (Wildman–Crippen LogP) is 4.95. The van der Waals surface area contributed by atoms with Crippen LogP contribution in [0.5, 0.6) is 0 Å². The van der Waals surface area contributed by atoms with E-state index in [4.69, 9.17) is 0 Å². The van der Waals surface area contributed by atoms with Gasteiger partial charge in [0.1, 0.15) is 23.2 Å². The summed E-state index contributed by atoms with van der Waals surface area (Å²) >= 11 is 0. The van der Waals surface area contributed by atoms with Gasteiger partial charge in [-0.25, -0.2) is 0 Å². The standard InChI is InChI=1S/C23H24P/c1-20(2)18-19-24(21-12-6-3-7-13-21,22-14-8-4-9-15-22)23-16-10-5-11-17-23/h3-18H,19H2,1-2H3/q+1. The Balaban J connectivity index is 2.30. The highest BCUT2D eigenvalue weighted by molar-refractivity contribution is 7.95. The van der Waals surface area contributed by atoms with Crippen LogP contribution >= 0.6 is 7.26 Å². The average molecular weight is 331 g/mol. The van der Waals surface area contributed by atoms with Gasteiger partial charge >= 0.3 is 0 Å². The smallest absolute Gasteiger partial charge is 0.0768 e. The lowest BCUT2D eigenvalue weighted by atomic mass is 10.3. The Morgan fingerprint density at radius 1 is 0.625 bits per heavy atom. The molecule has 3 aromatic carbocycles. The molecule has 3 aromatic rings. The fourth-order valence-electron chi connectivity index (χ4n) is 3.13. The fraction of sp³-hybridized carbons (Fsp3) is 0.130. The van der Waals surface area contributed by atoms with Gasteiger partial charge in [0.25, 0.3) is 0 Å². The van der Waals surface area contributed by atoms with Crippen LogP contribution in [0.1, 0.15) is 13.8 Å². The fourth-order valence-corrected chi connectivity index (χ4v) is 7.34. The minimum atomic E-state index is -1.68. The average Bonchev–Trinajstić information content (AvgIpc) is 2.65. The molecule has 0 nitrogen and oxygen atoms in total. The van der Waals surface area contributed by atoms with Gasteiger partial charge in [-0.3, -0.25) is 0 Å². The van der Waals surface area contributed by atoms with Gasteiger partial charge in [0.2, 0.25) is 0 Å². The van der Waals surface area contributed by atoms with Gasteiger partial charge in [-0.05, 0) is 56.3 Å². The highest BCUT2D eigenvalue weighted by atomic mass is 31.2. The van der Waals surface area contributed by atoms with Crippen molar-refractivity contribution in [3.8, 4) is 0 Å². The Morgan fingerprint density at radius 2 is 0.958 bits per heavy atom. The molecule has 0 radical (unpaired) electrons. The summed E-state index contributed by atoms with van der Waals surface area (Å²) in [5, 5.41) is 4.33. The Kier molecular flexibility index (Phi) is 5.28. The van der Waals surface area contributed by atoms with E-state index in [0.717, 1.165) is 6.16 Å². The first-order chi connectivity index (χ1) is 11.7. The lowest BCUT2D eigenvalue weighted by molar-refractivity contribution is 1.36. The second kappa shape index (κ2) is 7.60. The maximum atomic E-state index is 2.40. The van der Waals surface area contributed by atoms with E-state index >= 15 is 0 Å². The summed E-state index contributed by atoms with van der Waals surface area (Å²) in [7, 11) is -1.68. The maximum absolute atomic E-state index is 2.40. The van der Waals surface area contributed by atoms with Crippen molar-refractivity contribution in [2.24, 2.45) is 0 Å². The van der Waals surface area contributed by atoms with Crippen molar-refractivity contribution < 1.29 is 0 Å². The van der Waals surface area contributed by atoms with Gasteiger partial charge in [-0.2, -0.15) is 0 Å². The van der Waals surface area contributed by atoms with Gasteiger partial charge in [0.15, 0.2) is 0 Å². The molecule has 0 spiro atoms. The van der Waals surface area contributed by atoms with Crippen molar-refractivity contribution in [1.82, 2.24) is 0 Å². The molecule has 0 N–H and O–H groups in total. The maximum Gasteiger partial charge on any atom is 0.115 e. The monoisotopic (exact) mass is 331 g/mol. The number of hydrogen-bond acceptors (Lipinski definition) is 0. The minimum absolute atomic E-state index is 1.06. The van der Waals surface area contributed by atoms with E-state index in [9.17, 15) is 0 Å². The van der Waals surface area contributed by atoms with Crippen LogP contribution in [0.15, 0.2) is 103 Å². The largest absolute Gasteiger partial charge is 0.115 e. The molecule has 0 heterocycles. The quantitative estimate of drug-likeness (QED) is 0.458. The van der Waals surface area contributed by atoms with Gasteiger partial charge < -0.3 is 0 Å². The van der Waals surface area contributed by atoms with Crippen molar-refractivity contribution in [3.05, 3.63) is 103 Å². The third-order valence-electron chi connectivity index (χ3n) is 4.36. The Morgan fingerprint density at radius 3 is 1.25 bits per heavy atom. The molecule has 0 aliphatic carbocycles. The van der Waals surface area contributed by atoms with Crippen LogP contribution in [0.2, 0.25) is 0 Å². The summed E-state index contributed by atoms with van der Waals surface area (Å²) in [6.07, 6.45) is 3.47.